The lowest BCUT2D eigenvalue weighted by Gasteiger charge is -2.22. The van der Waals surface area contributed by atoms with Crippen LogP contribution >= 0.6 is 0 Å². The van der Waals surface area contributed by atoms with Crippen LogP contribution in [-0.2, 0) is 15.4 Å². The van der Waals surface area contributed by atoms with Gasteiger partial charge in [0.25, 0.3) is 0 Å². The highest BCUT2D eigenvalue weighted by Crippen LogP contribution is 2.33. The standard InChI is InChI=1S/C13H19NO3S/c1-13(2,3)11-7-6-10(17-9-4-5-9)8-12(11)18(14,15)16/h6-9H,4-5H2,1-3H3,(H2,14,15,16). The summed E-state index contributed by atoms with van der Waals surface area (Å²) in [5.41, 5.74) is 0.438. The van der Waals surface area contributed by atoms with E-state index in [2.05, 4.69) is 0 Å². The summed E-state index contributed by atoms with van der Waals surface area (Å²) in [7, 11) is -3.73. The molecule has 0 unspecified atom stereocenters. The van der Waals surface area contributed by atoms with E-state index in [1.165, 1.54) is 6.07 Å². The minimum absolute atomic E-state index is 0.160. The normalized spacial score (nSPS) is 16.7. The van der Waals surface area contributed by atoms with Crippen LogP contribution in [0, 0.1) is 0 Å². The second-order valence-electron chi connectivity index (χ2n) is 5.77. The predicted molar refractivity (Wildman–Crippen MR) is 70.2 cm³/mol. The van der Waals surface area contributed by atoms with E-state index >= 15 is 0 Å². The van der Waals surface area contributed by atoms with Crippen LogP contribution in [0.4, 0.5) is 0 Å². The third-order valence-corrected chi connectivity index (χ3v) is 3.85. The summed E-state index contributed by atoms with van der Waals surface area (Å²) >= 11 is 0. The molecule has 0 spiro atoms. The lowest BCUT2D eigenvalue weighted by atomic mass is 9.87. The Morgan fingerprint density at radius 1 is 1.28 bits per heavy atom. The number of nitrogens with two attached hydrogens (primary N) is 1. The van der Waals surface area contributed by atoms with Crippen molar-refractivity contribution >= 4 is 10.0 Å². The fraction of sp³-hybridized carbons (Fsp3) is 0.538. The molecular weight excluding hydrogens is 250 g/mol. The zero-order valence-corrected chi connectivity index (χ0v) is 11.8. The molecule has 0 amide bonds. The topological polar surface area (TPSA) is 69.4 Å². The number of hydrogen-bond acceptors (Lipinski definition) is 3. The Kier molecular flexibility index (Phi) is 3.15. The van der Waals surface area contributed by atoms with E-state index in [0.29, 0.717) is 11.3 Å². The number of hydrogen-bond donors (Lipinski definition) is 1. The lowest BCUT2D eigenvalue weighted by Crippen LogP contribution is -2.21. The highest BCUT2D eigenvalue weighted by atomic mass is 32.2. The van der Waals surface area contributed by atoms with Gasteiger partial charge in [-0.05, 0) is 29.9 Å². The maximum absolute atomic E-state index is 11.7. The van der Waals surface area contributed by atoms with E-state index in [9.17, 15) is 8.42 Å². The first-order valence-electron chi connectivity index (χ1n) is 6.02. The van der Waals surface area contributed by atoms with Crippen molar-refractivity contribution in [3.05, 3.63) is 23.8 Å². The van der Waals surface area contributed by atoms with Gasteiger partial charge in [0.05, 0.1) is 11.0 Å². The zero-order chi connectivity index (χ0) is 13.6. The van der Waals surface area contributed by atoms with Gasteiger partial charge in [0.1, 0.15) is 5.75 Å². The Bertz CT molecular complexity index is 554. The molecule has 0 aromatic heterocycles. The van der Waals surface area contributed by atoms with E-state index in [1.54, 1.807) is 6.07 Å². The number of benzene rings is 1. The van der Waals surface area contributed by atoms with Crippen molar-refractivity contribution in [3.63, 3.8) is 0 Å². The SMILES string of the molecule is CC(C)(C)c1ccc(OC2CC2)cc1S(N)(=O)=O. The Balaban J connectivity index is 2.48. The van der Waals surface area contributed by atoms with Gasteiger partial charge in [-0.3, -0.25) is 0 Å². The minimum Gasteiger partial charge on any atom is -0.490 e. The molecule has 5 heteroatoms. The van der Waals surface area contributed by atoms with Crippen LogP contribution in [0.5, 0.6) is 5.75 Å². The zero-order valence-electron chi connectivity index (χ0n) is 10.9. The van der Waals surface area contributed by atoms with Crippen molar-refractivity contribution in [1.82, 2.24) is 0 Å². The van der Waals surface area contributed by atoms with Crippen molar-refractivity contribution in [1.29, 1.82) is 0 Å². The summed E-state index contributed by atoms with van der Waals surface area (Å²) in [6.07, 6.45) is 2.30. The second-order valence-corrected chi connectivity index (χ2v) is 7.30. The van der Waals surface area contributed by atoms with Gasteiger partial charge in [0, 0.05) is 6.07 Å². The minimum atomic E-state index is -3.73. The molecule has 18 heavy (non-hydrogen) atoms. The van der Waals surface area contributed by atoms with Crippen molar-refractivity contribution in [2.45, 2.75) is 50.0 Å². The maximum Gasteiger partial charge on any atom is 0.238 e. The summed E-state index contributed by atoms with van der Waals surface area (Å²) in [5.74, 6) is 0.578. The molecule has 1 aliphatic carbocycles. The van der Waals surface area contributed by atoms with E-state index in [4.69, 9.17) is 9.88 Å². The van der Waals surface area contributed by atoms with Crippen LogP contribution in [0.3, 0.4) is 0 Å². The maximum atomic E-state index is 11.7. The summed E-state index contributed by atoms with van der Waals surface area (Å²) in [6.45, 7) is 5.87. The number of rotatable bonds is 3. The Morgan fingerprint density at radius 2 is 1.89 bits per heavy atom. The van der Waals surface area contributed by atoms with Gasteiger partial charge in [-0.15, -0.1) is 0 Å². The van der Waals surface area contributed by atoms with Crippen LogP contribution < -0.4 is 9.88 Å². The third kappa shape index (κ3) is 3.03. The molecule has 1 aromatic rings. The molecular formula is C13H19NO3S. The van der Waals surface area contributed by atoms with Gasteiger partial charge < -0.3 is 4.74 Å². The first-order chi connectivity index (χ1) is 8.18. The molecule has 1 saturated carbocycles. The fourth-order valence-corrected chi connectivity index (χ4v) is 2.77. The molecule has 1 aliphatic rings. The molecule has 0 heterocycles. The molecule has 2 N–H and O–H groups in total. The van der Waals surface area contributed by atoms with Gasteiger partial charge in [-0.2, -0.15) is 0 Å². The average Bonchev–Trinajstić information content (AvgIpc) is 2.98. The summed E-state index contributed by atoms with van der Waals surface area (Å²) in [6, 6.07) is 5.14. The van der Waals surface area contributed by atoms with E-state index in [-0.39, 0.29) is 16.4 Å². The Morgan fingerprint density at radius 3 is 2.33 bits per heavy atom. The van der Waals surface area contributed by atoms with E-state index in [1.807, 2.05) is 26.8 Å². The van der Waals surface area contributed by atoms with Gasteiger partial charge in [-0.25, -0.2) is 13.6 Å². The monoisotopic (exact) mass is 269 g/mol. The quantitative estimate of drug-likeness (QED) is 0.914. The first-order valence-corrected chi connectivity index (χ1v) is 7.56. The van der Waals surface area contributed by atoms with Crippen molar-refractivity contribution in [3.8, 4) is 5.75 Å². The van der Waals surface area contributed by atoms with Crippen LogP contribution in [0.25, 0.3) is 0 Å². The molecule has 0 saturated heterocycles. The molecule has 0 atom stereocenters. The molecule has 100 valence electrons. The van der Waals surface area contributed by atoms with Gasteiger partial charge in [-0.1, -0.05) is 26.8 Å². The second kappa shape index (κ2) is 4.24. The van der Waals surface area contributed by atoms with E-state index < -0.39 is 10.0 Å². The summed E-state index contributed by atoms with van der Waals surface area (Å²) in [4.78, 5) is 0.160. The van der Waals surface area contributed by atoms with Crippen LogP contribution in [0.15, 0.2) is 23.1 Å². The van der Waals surface area contributed by atoms with Crippen molar-refractivity contribution in [2.75, 3.05) is 0 Å². The Hall–Kier alpha value is -1.07. The third-order valence-electron chi connectivity index (χ3n) is 2.89. The number of primary sulfonamides is 1. The number of ether oxygens (including phenoxy) is 1. The predicted octanol–water partition coefficient (Wildman–Crippen LogP) is 2.17. The van der Waals surface area contributed by atoms with Gasteiger partial charge in [0.2, 0.25) is 10.0 Å². The highest BCUT2D eigenvalue weighted by Gasteiger charge is 2.27. The van der Waals surface area contributed by atoms with Crippen LogP contribution in [0.2, 0.25) is 0 Å². The molecule has 0 radical (unpaired) electrons. The smallest absolute Gasteiger partial charge is 0.238 e. The molecule has 0 aliphatic heterocycles. The lowest BCUT2D eigenvalue weighted by molar-refractivity contribution is 0.302. The largest absolute Gasteiger partial charge is 0.490 e. The highest BCUT2D eigenvalue weighted by molar-refractivity contribution is 7.89. The number of sulfonamides is 1. The summed E-state index contributed by atoms with van der Waals surface area (Å²) < 4.78 is 29.0. The molecule has 2 rings (SSSR count). The van der Waals surface area contributed by atoms with Gasteiger partial charge in [0.15, 0.2) is 0 Å². The van der Waals surface area contributed by atoms with Crippen molar-refractivity contribution < 1.29 is 13.2 Å². The first kappa shape index (κ1) is 13.4. The fourth-order valence-electron chi connectivity index (χ4n) is 1.81. The summed E-state index contributed by atoms with van der Waals surface area (Å²) in [5, 5.41) is 5.29. The molecule has 4 nitrogen and oxygen atoms in total. The molecule has 1 fully saturated rings. The molecule has 1 aromatic carbocycles. The van der Waals surface area contributed by atoms with Crippen LogP contribution in [0.1, 0.15) is 39.2 Å². The van der Waals surface area contributed by atoms with Crippen LogP contribution in [-0.4, -0.2) is 14.5 Å². The molecule has 0 bridgehead atoms. The average molecular weight is 269 g/mol. The Labute approximate surface area is 108 Å². The van der Waals surface area contributed by atoms with Gasteiger partial charge >= 0.3 is 0 Å². The van der Waals surface area contributed by atoms with Crippen molar-refractivity contribution in [2.24, 2.45) is 5.14 Å². The van der Waals surface area contributed by atoms with E-state index in [0.717, 1.165) is 12.8 Å².